The summed E-state index contributed by atoms with van der Waals surface area (Å²) in [6.07, 6.45) is 5.78. The summed E-state index contributed by atoms with van der Waals surface area (Å²) < 4.78 is 5.43. The Morgan fingerprint density at radius 2 is 1.80 bits per heavy atom. The molecule has 1 aromatic carbocycles. The van der Waals surface area contributed by atoms with Crippen molar-refractivity contribution in [2.75, 3.05) is 18.5 Å². The van der Waals surface area contributed by atoms with E-state index in [1.54, 1.807) is 35.2 Å². The van der Waals surface area contributed by atoms with E-state index in [1.165, 1.54) is 0 Å². The molecule has 2 aromatic rings. The summed E-state index contributed by atoms with van der Waals surface area (Å²) in [4.78, 5) is 43.6. The van der Waals surface area contributed by atoms with Gasteiger partial charge in [-0.15, -0.1) is 0 Å². The molecule has 1 aromatic heterocycles. The van der Waals surface area contributed by atoms with Crippen LogP contribution in [0.2, 0.25) is 0 Å². The quantitative estimate of drug-likeness (QED) is 0.706. The van der Waals surface area contributed by atoms with Crippen LogP contribution in [-0.4, -0.2) is 46.8 Å². The molecule has 7 heteroatoms. The lowest BCUT2D eigenvalue weighted by Crippen LogP contribution is -2.49. The van der Waals surface area contributed by atoms with Gasteiger partial charge in [0, 0.05) is 12.7 Å². The maximum absolute atomic E-state index is 13.3. The summed E-state index contributed by atoms with van der Waals surface area (Å²) in [5.41, 5.74) is 0.988. The molecule has 4 rings (SSSR count). The summed E-state index contributed by atoms with van der Waals surface area (Å²) in [5.74, 6) is 0.0620. The average molecular weight is 409 g/mol. The first-order valence-corrected chi connectivity index (χ1v) is 10.4. The molecule has 0 N–H and O–H groups in total. The zero-order valence-corrected chi connectivity index (χ0v) is 17.5. The number of amides is 4. The van der Waals surface area contributed by atoms with Gasteiger partial charge in [0.15, 0.2) is 0 Å². The Balaban J connectivity index is 1.58. The lowest BCUT2D eigenvalue weighted by molar-refractivity contribution is -0.136. The molecule has 2 aliphatic rings. The normalized spacial score (nSPS) is 18.3. The van der Waals surface area contributed by atoms with E-state index in [-0.39, 0.29) is 24.9 Å². The fourth-order valence-electron chi connectivity index (χ4n) is 4.50. The highest BCUT2D eigenvalue weighted by Crippen LogP contribution is 2.39. The van der Waals surface area contributed by atoms with Crippen LogP contribution in [0.25, 0.3) is 0 Å². The van der Waals surface area contributed by atoms with Crippen LogP contribution in [0, 0.1) is 6.92 Å². The summed E-state index contributed by atoms with van der Waals surface area (Å²) in [6, 6.07) is 10.7. The van der Waals surface area contributed by atoms with Gasteiger partial charge in [0.1, 0.15) is 17.8 Å². The number of benzene rings is 1. The highest BCUT2D eigenvalue weighted by atomic mass is 16.3. The molecule has 7 nitrogen and oxygen atoms in total. The van der Waals surface area contributed by atoms with Crippen molar-refractivity contribution in [3.8, 4) is 0 Å². The largest absolute Gasteiger partial charge is 0.467 e. The number of likely N-dealkylation sites (N-methyl/N-ethyl adjacent to an activating group) is 1. The van der Waals surface area contributed by atoms with E-state index < -0.39 is 11.6 Å². The molecule has 1 saturated heterocycles. The number of hydrogen-bond donors (Lipinski definition) is 0. The molecule has 0 bridgehead atoms. The number of rotatable bonds is 5. The molecule has 1 spiro atoms. The van der Waals surface area contributed by atoms with Crippen molar-refractivity contribution >= 4 is 23.5 Å². The first kappa shape index (κ1) is 20.2. The number of carbonyl (C=O) groups is 3. The number of urea groups is 1. The fraction of sp³-hybridized carbons (Fsp3) is 0.435. The predicted molar refractivity (Wildman–Crippen MR) is 112 cm³/mol. The standard InChI is InChI=1S/C23H27N3O4/c1-17-8-10-18(11-9-17)25(15-19-7-6-14-30-19)20(27)16-26-21(28)23(24(2)22(26)29)12-4-3-5-13-23/h6-11,14H,3-5,12-13,15-16H2,1-2H3. The minimum Gasteiger partial charge on any atom is -0.467 e. The van der Waals surface area contributed by atoms with Crippen LogP contribution < -0.4 is 4.90 Å². The zero-order valence-electron chi connectivity index (χ0n) is 17.5. The highest BCUT2D eigenvalue weighted by Gasteiger charge is 2.56. The fourth-order valence-corrected chi connectivity index (χ4v) is 4.50. The molecule has 0 radical (unpaired) electrons. The second kappa shape index (κ2) is 7.97. The molecule has 4 amide bonds. The van der Waals surface area contributed by atoms with E-state index in [1.807, 2.05) is 31.2 Å². The van der Waals surface area contributed by atoms with Gasteiger partial charge in [-0.25, -0.2) is 4.79 Å². The van der Waals surface area contributed by atoms with E-state index in [9.17, 15) is 14.4 Å². The first-order chi connectivity index (χ1) is 14.4. The van der Waals surface area contributed by atoms with E-state index >= 15 is 0 Å². The lowest BCUT2D eigenvalue weighted by Gasteiger charge is -2.35. The first-order valence-electron chi connectivity index (χ1n) is 10.4. The topological polar surface area (TPSA) is 74.1 Å². The van der Waals surface area contributed by atoms with Crippen LogP contribution in [0.3, 0.4) is 0 Å². The lowest BCUT2D eigenvalue weighted by atomic mass is 9.81. The SMILES string of the molecule is Cc1ccc(N(Cc2ccco2)C(=O)CN2C(=O)N(C)C3(CCCCC3)C2=O)cc1. The Labute approximate surface area is 176 Å². The Morgan fingerprint density at radius 3 is 2.43 bits per heavy atom. The molecule has 1 aliphatic carbocycles. The summed E-state index contributed by atoms with van der Waals surface area (Å²) >= 11 is 0. The van der Waals surface area contributed by atoms with Crippen molar-refractivity contribution in [1.29, 1.82) is 0 Å². The van der Waals surface area contributed by atoms with Crippen molar-refractivity contribution in [3.05, 3.63) is 54.0 Å². The van der Waals surface area contributed by atoms with Gasteiger partial charge in [-0.05, 0) is 44.0 Å². The maximum Gasteiger partial charge on any atom is 0.327 e. The summed E-state index contributed by atoms with van der Waals surface area (Å²) in [7, 11) is 1.68. The summed E-state index contributed by atoms with van der Waals surface area (Å²) in [6.45, 7) is 1.92. The van der Waals surface area contributed by atoms with Gasteiger partial charge in [0.2, 0.25) is 5.91 Å². The van der Waals surface area contributed by atoms with Gasteiger partial charge in [-0.3, -0.25) is 14.5 Å². The minimum atomic E-state index is -0.786. The molecular weight excluding hydrogens is 382 g/mol. The number of anilines is 1. The molecule has 0 atom stereocenters. The van der Waals surface area contributed by atoms with Crippen LogP contribution >= 0.6 is 0 Å². The third-order valence-electron chi connectivity index (χ3n) is 6.32. The third kappa shape index (κ3) is 3.49. The molecule has 2 fully saturated rings. The van der Waals surface area contributed by atoms with Crippen molar-refractivity contribution in [2.45, 2.75) is 51.1 Å². The van der Waals surface area contributed by atoms with Gasteiger partial charge in [0.05, 0.1) is 12.8 Å². The van der Waals surface area contributed by atoms with Crippen molar-refractivity contribution in [1.82, 2.24) is 9.80 Å². The van der Waals surface area contributed by atoms with Gasteiger partial charge < -0.3 is 14.2 Å². The van der Waals surface area contributed by atoms with Crippen LogP contribution in [0.1, 0.15) is 43.4 Å². The maximum atomic E-state index is 13.3. The second-order valence-corrected chi connectivity index (χ2v) is 8.22. The predicted octanol–water partition coefficient (Wildman–Crippen LogP) is 3.72. The van der Waals surface area contributed by atoms with Gasteiger partial charge in [-0.1, -0.05) is 37.0 Å². The third-order valence-corrected chi connectivity index (χ3v) is 6.32. The number of imide groups is 1. The number of furan rings is 1. The van der Waals surface area contributed by atoms with Gasteiger partial charge in [-0.2, -0.15) is 0 Å². The second-order valence-electron chi connectivity index (χ2n) is 8.22. The average Bonchev–Trinajstić information content (AvgIpc) is 3.33. The van der Waals surface area contributed by atoms with Crippen molar-refractivity contribution in [3.63, 3.8) is 0 Å². The smallest absolute Gasteiger partial charge is 0.327 e. The van der Waals surface area contributed by atoms with Crippen molar-refractivity contribution in [2.24, 2.45) is 0 Å². The Bertz CT molecular complexity index is 930. The number of hydrogen-bond acceptors (Lipinski definition) is 4. The van der Waals surface area contributed by atoms with Crippen molar-refractivity contribution < 1.29 is 18.8 Å². The summed E-state index contributed by atoms with van der Waals surface area (Å²) in [5, 5.41) is 0. The number of aryl methyl sites for hydroxylation is 1. The van der Waals surface area contributed by atoms with E-state index in [0.29, 0.717) is 24.3 Å². The van der Waals surface area contributed by atoms with Crippen LogP contribution in [0.4, 0.5) is 10.5 Å². The Morgan fingerprint density at radius 1 is 1.10 bits per heavy atom. The van der Waals surface area contributed by atoms with Gasteiger partial charge in [0.25, 0.3) is 5.91 Å². The molecule has 0 unspecified atom stereocenters. The molecular formula is C23H27N3O4. The molecule has 158 valence electrons. The zero-order chi connectivity index (χ0) is 21.3. The van der Waals surface area contributed by atoms with E-state index in [4.69, 9.17) is 4.42 Å². The van der Waals surface area contributed by atoms with Crippen LogP contribution in [-0.2, 0) is 16.1 Å². The number of nitrogens with zero attached hydrogens (tertiary/aromatic N) is 3. The molecule has 1 aliphatic heterocycles. The number of carbonyl (C=O) groups excluding carboxylic acids is 3. The van der Waals surface area contributed by atoms with Gasteiger partial charge >= 0.3 is 6.03 Å². The Hall–Kier alpha value is -3.09. The monoisotopic (exact) mass is 409 g/mol. The highest BCUT2D eigenvalue weighted by molar-refractivity contribution is 6.10. The van der Waals surface area contributed by atoms with E-state index in [0.717, 1.165) is 29.7 Å². The molecule has 30 heavy (non-hydrogen) atoms. The van der Waals surface area contributed by atoms with E-state index in [2.05, 4.69) is 0 Å². The Kier molecular flexibility index (Phi) is 5.37. The van der Waals surface area contributed by atoms with Crippen LogP contribution in [0.15, 0.2) is 47.1 Å². The molecule has 1 saturated carbocycles. The minimum absolute atomic E-state index is 0.228. The van der Waals surface area contributed by atoms with Crippen LogP contribution in [0.5, 0.6) is 0 Å². The molecule has 2 heterocycles.